The maximum Gasteiger partial charge on any atom is 0.337 e. The predicted molar refractivity (Wildman–Crippen MR) is 76.8 cm³/mol. The lowest BCUT2D eigenvalue weighted by atomic mass is 9.78. The monoisotopic (exact) mass is 282 g/mol. The van der Waals surface area contributed by atoms with Crippen LogP contribution in [0.15, 0.2) is 11.3 Å². The molecule has 114 valence electrons. The number of ether oxygens (including phenoxy) is 2. The zero-order chi connectivity index (χ0) is 15.1. The summed E-state index contributed by atoms with van der Waals surface area (Å²) in [6, 6.07) is 0. The fourth-order valence-electron chi connectivity index (χ4n) is 2.81. The number of allylic oxidation sites excluding steroid dienone is 1. The Bertz CT molecular complexity index is 384. The molecular formula is C16H26O4. The van der Waals surface area contributed by atoms with Crippen LogP contribution in [0.2, 0.25) is 0 Å². The van der Waals surface area contributed by atoms with E-state index in [1.807, 2.05) is 6.92 Å². The molecule has 20 heavy (non-hydrogen) atoms. The van der Waals surface area contributed by atoms with Crippen LogP contribution in [0, 0.1) is 11.8 Å². The first-order valence-electron chi connectivity index (χ1n) is 7.66. The van der Waals surface area contributed by atoms with E-state index in [1.165, 1.54) is 0 Å². The second kappa shape index (κ2) is 8.08. The highest BCUT2D eigenvalue weighted by Gasteiger charge is 2.40. The smallest absolute Gasteiger partial charge is 0.337 e. The molecule has 0 unspecified atom stereocenters. The van der Waals surface area contributed by atoms with Crippen LogP contribution in [-0.2, 0) is 19.1 Å². The van der Waals surface area contributed by atoms with Crippen molar-refractivity contribution in [3.63, 3.8) is 0 Å². The van der Waals surface area contributed by atoms with E-state index in [-0.39, 0.29) is 23.8 Å². The third-order valence-corrected chi connectivity index (χ3v) is 3.76. The molecule has 0 N–H and O–H groups in total. The maximum atomic E-state index is 12.2. The molecule has 1 heterocycles. The van der Waals surface area contributed by atoms with E-state index in [1.54, 1.807) is 13.8 Å². The fraction of sp³-hybridized carbons (Fsp3) is 0.750. The molecule has 1 aliphatic rings. The van der Waals surface area contributed by atoms with Crippen molar-refractivity contribution in [2.45, 2.75) is 59.8 Å². The van der Waals surface area contributed by atoms with Gasteiger partial charge >= 0.3 is 11.9 Å². The van der Waals surface area contributed by atoms with Gasteiger partial charge in [-0.3, -0.25) is 4.79 Å². The van der Waals surface area contributed by atoms with E-state index in [2.05, 4.69) is 6.92 Å². The summed E-state index contributed by atoms with van der Waals surface area (Å²) >= 11 is 0. The Kier molecular flexibility index (Phi) is 6.76. The van der Waals surface area contributed by atoms with Gasteiger partial charge in [-0.25, -0.2) is 4.79 Å². The van der Waals surface area contributed by atoms with E-state index in [0.717, 1.165) is 32.1 Å². The second-order valence-electron chi connectivity index (χ2n) is 5.26. The molecule has 0 spiro atoms. The van der Waals surface area contributed by atoms with Crippen molar-refractivity contribution in [3.8, 4) is 0 Å². The SMILES string of the molecule is CCCC[C@H]1C(C(=O)OCC)=C(C)OC(=O)[C@@H]1CCC. The van der Waals surface area contributed by atoms with Gasteiger partial charge in [-0.1, -0.05) is 33.1 Å². The summed E-state index contributed by atoms with van der Waals surface area (Å²) in [5.41, 5.74) is 0.568. The lowest BCUT2D eigenvalue weighted by molar-refractivity contribution is -0.150. The molecule has 4 nitrogen and oxygen atoms in total. The molecular weight excluding hydrogens is 256 g/mol. The van der Waals surface area contributed by atoms with E-state index < -0.39 is 0 Å². The molecule has 0 aliphatic carbocycles. The maximum absolute atomic E-state index is 12.2. The van der Waals surface area contributed by atoms with E-state index in [0.29, 0.717) is 17.9 Å². The van der Waals surface area contributed by atoms with Gasteiger partial charge in [0.15, 0.2) is 0 Å². The van der Waals surface area contributed by atoms with Crippen LogP contribution in [0.4, 0.5) is 0 Å². The van der Waals surface area contributed by atoms with Crippen molar-refractivity contribution in [1.82, 2.24) is 0 Å². The molecule has 0 amide bonds. The summed E-state index contributed by atoms with van der Waals surface area (Å²) in [7, 11) is 0. The average molecular weight is 282 g/mol. The van der Waals surface area contributed by atoms with Gasteiger partial charge in [-0.2, -0.15) is 0 Å². The molecule has 1 rings (SSSR count). The minimum atomic E-state index is -0.334. The number of rotatable bonds is 7. The quantitative estimate of drug-likeness (QED) is 0.669. The highest BCUT2D eigenvalue weighted by molar-refractivity contribution is 5.92. The molecule has 2 atom stereocenters. The first-order chi connectivity index (χ1) is 9.56. The summed E-state index contributed by atoms with van der Waals surface area (Å²) in [5.74, 6) is -0.384. The van der Waals surface area contributed by atoms with Crippen molar-refractivity contribution in [1.29, 1.82) is 0 Å². The van der Waals surface area contributed by atoms with Gasteiger partial charge in [0.1, 0.15) is 5.76 Å². The first kappa shape index (κ1) is 16.7. The molecule has 4 heteroatoms. The lowest BCUT2D eigenvalue weighted by Crippen LogP contribution is -2.35. The Morgan fingerprint density at radius 3 is 2.40 bits per heavy atom. The van der Waals surface area contributed by atoms with Gasteiger partial charge in [0.05, 0.1) is 18.1 Å². The lowest BCUT2D eigenvalue weighted by Gasteiger charge is -2.32. The highest BCUT2D eigenvalue weighted by atomic mass is 16.5. The van der Waals surface area contributed by atoms with Crippen LogP contribution >= 0.6 is 0 Å². The van der Waals surface area contributed by atoms with Crippen LogP contribution in [-0.4, -0.2) is 18.5 Å². The standard InChI is InChI=1S/C16H26O4/c1-5-8-10-12-13(9-6-2)15(17)20-11(4)14(12)16(18)19-7-3/h12-13H,5-10H2,1-4H3/t12-,13-/m1/s1. The number of carbonyl (C=O) groups excluding carboxylic acids is 2. The largest absolute Gasteiger partial charge is 0.463 e. The number of carbonyl (C=O) groups is 2. The molecule has 0 fully saturated rings. The van der Waals surface area contributed by atoms with Crippen LogP contribution in [0.25, 0.3) is 0 Å². The molecule has 0 aromatic carbocycles. The Morgan fingerprint density at radius 1 is 1.15 bits per heavy atom. The van der Waals surface area contributed by atoms with Crippen LogP contribution < -0.4 is 0 Å². The van der Waals surface area contributed by atoms with Crippen LogP contribution in [0.3, 0.4) is 0 Å². The molecule has 0 saturated carbocycles. The first-order valence-corrected chi connectivity index (χ1v) is 7.66. The van der Waals surface area contributed by atoms with Gasteiger partial charge < -0.3 is 9.47 Å². The highest BCUT2D eigenvalue weighted by Crippen LogP contribution is 2.37. The van der Waals surface area contributed by atoms with Crippen molar-refractivity contribution in [2.75, 3.05) is 6.61 Å². The third kappa shape index (κ3) is 3.84. The third-order valence-electron chi connectivity index (χ3n) is 3.76. The zero-order valence-electron chi connectivity index (χ0n) is 13.0. The normalized spacial score (nSPS) is 22.7. The zero-order valence-corrected chi connectivity index (χ0v) is 13.0. The number of esters is 2. The average Bonchev–Trinajstić information content (AvgIpc) is 2.40. The van der Waals surface area contributed by atoms with Gasteiger partial charge in [-0.05, 0) is 26.7 Å². The number of cyclic esters (lactones) is 1. The molecule has 1 aliphatic heterocycles. The number of unbranched alkanes of at least 4 members (excludes halogenated alkanes) is 1. The summed E-state index contributed by atoms with van der Waals surface area (Å²) < 4.78 is 10.4. The molecule has 0 bridgehead atoms. The number of hydrogen-bond donors (Lipinski definition) is 0. The summed E-state index contributed by atoms with van der Waals surface area (Å²) in [5, 5.41) is 0. The minimum Gasteiger partial charge on any atom is -0.463 e. The van der Waals surface area contributed by atoms with Crippen LogP contribution in [0.5, 0.6) is 0 Å². The Hall–Kier alpha value is -1.32. The topological polar surface area (TPSA) is 52.6 Å². The van der Waals surface area contributed by atoms with Gasteiger partial charge in [-0.15, -0.1) is 0 Å². The molecule has 0 aromatic heterocycles. The van der Waals surface area contributed by atoms with Crippen molar-refractivity contribution in [2.24, 2.45) is 11.8 Å². The van der Waals surface area contributed by atoms with E-state index in [9.17, 15) is 9.59 Å². The summed E-state index contributed by atoms with van der Waals surface area (Å²) in [6.45, 7) is 7.96. The molecule has 0 radical (unpaired) electrons. The fourth-order valence-corrected chi connectivity index (χ4v) is 2.81. The van der Waals surface area contributed by atoms with Gasteiger partial charge in [0.25, 0.3) is 0 Å². The predicted octanol–water partition coefficient (Wildman–Crippen LogP) is 3.60. The minimum absolute atomic E-state index is 0.0600. The van der Waals surface area contributed by atoms with Gasteiger partial charge in [0.2, 0.25) is 0 Å². The van der Waals surface area contributed by atoms with E-state index >= 15 is 0 Å². The summed E-state index contributed by atoms with van der Waals surface area (Å²) in [4.78, 5) is 24.3. The van der Waals surface area contributed by atoms with Gasteiger partial charge in [0, 0.05) is 5.92 Å². The second-order valence-corrected chi connectivity index (χ2v) is 5.26. The van der Waals surface area contributed by atoms with Crippen molar-refractivity contribution >= 4 is 11.9 Å². The Balaban J connectivity index is 3.07. The van der Waals surface area contributed by atoms with Crippen LogP contribution in [0.1, 0.15) is 59.8 Å². The Labute approximate surface area is 121 Å². The van der Waals surface area contributed by atoms with Crippen molar-refractivity contribution in [3.05, 3.63) is 11.3 Å². The van der Waals surface area contributed by atoms with E-state index in [4.69, 9.17) is 9.47 Å². The molecule has 0 aromatic rings. The summed E-state index contributed by atoms with van der Waals surface area (Å²) in [6.07, 6.45) is 4.52. The molecule has 0 saturated heterocycles. The Morgan fingerprint density at radius 2 is 1.85 bits per heavy atom. The number of hydrogen-bond acceptors (Lipinski definition) is 4. The van der Waals surface area contributed by atoms with Crippen molar-refractivity contribution < 1.29 is 19.1 Å².